The largest absolute Gasteiger partial charge is 0.433 e. The minimum absolute atomic E-state index is 0.154. The van der Waals surface area contributed by atoms with E-state index in [2.05, 4.69) is 4.98 Å². The van der Waals surface area contributed by atoms with Gasteiger partial charge >= 0.3 is 12.4 Å². The zero-order valence-electron chi connectivity index (χ0n) is 11.3. The van der Waals surface area contributed by atoms with Gasteiger partial charge in [-0.3, -0.25) is 4.98 Å². The summed E-state index contributed by atoms with van der Waals surface area (Å²) in [5.41, 5.74) is -4.75. The van der Waals surface area contributed by atoms with Crippen LogP contribution in [-0.2, 0) is 12.4 Å². The van der Waals surface area contributed by atoms with E-state index in [0.717, 1.165) is 0 Å². The average molecular weight is 463 g/mol. The first kappa shape index (κ1) is 20.7. The molecule has 0 aliphatic carbocycles. The number of hydrogen-bond acceptors (Lipinski definition) is 1. The van der Waals surface area contributed by atoms with E-state index in [1.807, 2.05) is 0 Å². The molecule has 0 aliphatic rings. The topological polar surface area (TPSA) is 12.9 Å². The Kier molecular flexibility index (Phi) is 5.67. The summed E-state index contributed by atoms with van der Waals surface area (Å²) < 4.78 is 77.9. The highest BCUT2D eigenvalue weighted by atomic mass is 35.5. The van der Waals surface area contributed by atoms with Crippen LogP contribution in [0.1, 0.15) is 11.3 Å². The van der Waals surface area contributed by atoms with Crippen molar-refractivity contribution in [2.45, 2.75) is 12.4 Å². The Morgan fingerprint density at radius 1 is 0.680 bits per heavy atom. The number of benzene rings is 1. The Morgan fingerprint density at radius 2 is 1.12 bits per heavy atom. The standard InChI is InChI=1S/C13H2Cl5F6N/c14-7-6(8(15)10(17)11(18)9(7)16)3-2-25-5(13(22,23)24)1-4(3)12(19,20)21/h1-2H. The number of halogens is 11. The molecule has 0 N–H and O–H groups in total. The van der Waals surface area contributed by atoms with Crippen LogP contribution in [0.15, 0.2) is 12.3 Å². The Bertz CT molecular complexity index is 817. The van der Waals surface area contributed by atoms with E-state index in [0.29, 0.717) is 6.20 Å². The number of pyridine rings is 1. The van der Waals surface area contributed by atoms with Crippen molar-refractivity contribution in [3.05, 3.63) is 48.6 Å². The van der Waals surface area contributed by atoms with Crippen LogP contribution in [0.3, 0.4) is 0 Å². The van der Waals surface area contributed by atoms with E-state index >= 15 is 0 Å². The third-order valence-electron chi connectivity index (χ3n) is 2.98. The van der Waals surface area contributed by atoms with Gasteiger partial charge in [0.15, 0.2) is 0 Å². The predicted molar refractivity (Wildman–Crippen MR) is 84.7 cm³/mol. The quantitative estimate of drug-likeness (QED) is 0.237. The molecule has 0 aliphatic heterocycles. The first-order chi connectivity index (χ1) is 11.3. The molecule has 12 heteroatoms. The molecule has 0 spiro atoms. The molecule has 136 valence electrons. The second kappa shape index (κ2) is 6.85. The monoisotopic (exact) mass is 461 g/mol. The van der Waals surface area contributed by atoms with E-state index in [1.165, 1.54) is 0 Å². The lowest BCUT2D eigenvalue weighted by atomic mass is 10.00. The molecule has 0 amide bonds. The lowest BCUT2D eigenvalue weighted by Crippen LogP contribution is -2.14. The van der Waals surface area contributed by atoms with E-state index in [1.54, 1.807) is 0 Å². The molecule has 0 atom stereocenters. The molecule has 0 saturated carbocycles. The van der Waals surface area contributed by atoms with Gasteiger partial charge in [-0.25, -0.2) is 0 Å². The van der Waals surface area contributed by atoms with Crippen molar-refractivity contribution in [3.63, 3.8) is 0 Å². The fraction of sp³-hybridized carbons (Fsp3) is 0.154. The van der Waals surface area contributed by atoms with E-state index < -0.39 is 54.8 Å². The molecule has 25 heavy (non-hydrogen) atoms. The molecule has 2 rings (SSSR count). The molecule has 1 heterocycles. The van der Waals surface area contributed by atoms with Crippen LogP contribution in [0.2, 0.25) is 25.1 Å². The molecular formula is C13H2Cl5F6N. The van der Waals surface area contributed by atoms with Crippen LogP contribution in [0.25, 0.3) is 11.1 Å². The van der Waals surface area contributed by atoms with Gasteiger partial charge < -0.3 is 0 Å². The molecule has 0 bridgehead atoms. The van der Waals surface area contributed by atoms with Crippen LogP contribution in [0.4, 0.5) is 26.3 Å². The molecule has 0 unspecified atom stereocenters. The highest BCUT2D eigenvalue weighted by Crippen LogP contribution is 2.50. The first-order valence-electron chi connectivity index (χ1n) is 5.93. The SMILES string of the molecule is FC(F)(F)c1cc(C(F)(F)F)c(-c2c(Cl)c(Cl)c(Cl)c(Cl)c2Cl)cn1. The second-order valence-electron chi connectivity index (χ2n) is 4.56. The van der Waals surface area contributed by atoms with E-state index in [9.17, 15) is 26.3 Å². The molecule has 1 aromatic heterocycles. The van der Waals surface area contributed by atoms with Crippen molar-refractivity contribution >= 4 is 58.0 Å². The summed E-state index contributed by atoms with van der Waals surface area (Å²) in [5.74, 6) is 0. The van der Waals surface area contributed by atoms with Crippen molar-refractivity contribution in [3.8, 4) is 11.1 Å². The van der Waals surface area contributed by atoms with Crippen molar-refractivity contribution in [2.75, 3.05) is 0 Å². The number of rotatable bonds is 1. The Labute approximate surface area is 161 Å². The molecule has 0 saturated heterocycles. The van der Waals surface area contributed by atoms with Crippen molar-refractivity contribution in [2.24, 2.45) is 0 Å². The minimum Gasteiger partial charge on any atom is -0.251 e. The molecule has 1 aromatic carbocycles. The van der Waals surface area contributed by atoms with Crippen molar-refractivity contribution < 1.29 is 26.3 Å². The Balaban J connectivity index is 2.90. The maximum absolute atomic E-state index is 13.3. The van der Waals surface area contributed by atoms with Crippen LogP contribution < -0.4 is 0 Å². The normalized spacial score (nSPS) is 12.6. The first-order valence-corrected chi connectivity index (χ1v) is 7.82. The van der Waals surface area contributed by atoms with E-state index in [4.69, 9.17) is 58.0 Å². The highest BCUT2D eigenvalue weighted by molar-refractivity contribution is 6.56. The number of nitrogens with zero attached hydrogens (tertiary/aromatic N) is 1. The molecule has 0 fully saturated rings. The zero-order valence-corrected chi connectivity index (χ0v) is 15.0. The van der Waals surface area contributed by atoms with Gasteiger partial charge in [0, 0.05) is 17.3 Å². The lowest BCUT2D eigenvalue weighted by Gasteiger charge is -2.18. The van der Waals surface area contributed by atoms with Crippen LogP contribution >= 0.6 is 58.0 Å². The van der Waals surface area contributed by atoms with Gasteiger partial charge in [-0.15, -0.1) is 0 Å². The smallest absolute Gasteiger partial charge is 0.251 e. The van der Waals surface area contributed by atoms with Crippen LogP contribution in [0.5, 0.6) is 0 Å². The van der Waals surface area contributed by atoms with Crippen LogP contribution in [-0.4, -0.2) is 4.98 Å². The van der Waals surface area contributed by atoms with Gasteiger partial charge in [-0.05, 0) is 6.07 Å². The summed E-state index contributed by atoms with van der Waals surface area (Å²) in [6, 6.07) is -0.154. The summed E-state index contributed by atoms with van der Waals surface area (Å²) in [7, 11) is 0. The van der Waals surface area contributed by atoms with Crippen molar-refractivity contribution in [1.82, 2.24) is 4.98 Å². The Hall–Kier alpha value is -0.600. The van der Waals surface area contributed by atoms with Crippen LogP contribution in [0, 0.1) is 0 Å². The summed E-state index contributed by atoms with van der Waals surface area (Å²) in [5, 5.41) is -2.13. The highest BCUT2D eigenvalue weighted by Gasteiger charge is 2.40. The number of alkyl halides is 6. The maximum atomic E-state index is 13.3. The van der Waals surface area contributed by atoms with Gasteiger partial charge in [0.1, 0.15) is 5.69 Å². The molecular weight excluding hydrogens is 461 g/mol. The second-order valence-corrected chi connectivity index (χ2v) is 6.45. The fourth-order valence-corrected chi connectivity index (χ4v) is 3.23. The van der Waals surface area contributed by atoms with Crippen molar-refractivity contribution in [1.29, 1.82) is 0 Å². The zero-order chi connectivity index (χ0) is 19.3. The molecule has 1 nitrogen and oxygen atoms in total. The number of aromatic nitrogens is 1. The van der Waals surface area contributed by atoms with Gasteiger partial charge in [-0.1, -0.05) is 58.0 Å². The van der Waals surface area contributed by atoms with Gasteiger partial charge in [-0.2, -0.15) is 26.3 Å². The minimum atomic E-state index is -5.16. The predicted octanol–water partition coefficient (Wildman–Crippen LogP) is 8.05. The molecule has 2 aromatic rings. The van der Waals surface area contributed by atoms with Gasteiger partial charge in [0.25, 0.3) is 0 Å². The van der Waals surface area contributed by atoms with E-state index in [-0.39, 0.29) is 11.1 Å². The lowest BCUT2D eigenvalue weighted by molar-refractivity contribution is -0.145. The maximum Gasteiger partial charge on any atom is 0.433 e. The number of hydrogen-bond donors (Lipinski definition) is 0. The summed E-state index contributed by atoms with van der Waals surface area (Å²) in [4.78, 5) is 3.00. The molecule has 0 radical (unpaired) electrons. The Morgan fingerprint density at radius 3 is 1.52 bits per heavy atom. The average Bonchev–Trinajstić information content (AvgIpc) is 2.49. The summed E-state index contributed by atoms with van der Waals surface area (Å²) >= 11 is 29.1. The summed E-state index contributed by atoms with van der Waals surface area (Å²) in [6.07, 6.45) is -9.90. The summed E-state index contributed by atoms with van der Waals surface area (Å²) in [6.45, 7) is 0. The third-order valence-corrected chi connectivity index (χ3v) is 5.26. The fourth-order valence-electron chi connectivity index (χ4n) is 1.89. The third kappa shape index (κ3) is 3.90. The van der Waals surface area contributed by atoms with Gasteiger partial charge in [0.2, 0.25) is 0 Å². The van der Waals surface area contributed by atoms with Gasteiger partial charge in [0.05, 0.1) is 30.7 Å².